The normalized spacial score (nSPS) is 16.5. The number of piperidine rings is 1. The van der Waals surface area contributed by atoms with Crippen molar-refractivity contribution in [3.05, 3.63) is 59.8 Å². The van der Waals surface area contributed by atoms with Gasteiger partial charge in [-0.25, -0.2) is 4.98 Å². The first-order valence-electron chi connectivity index (χ1n) is 10.0. The average molecular weight is 420 g/mol. The number of aromatic nitrogens is 1. The summed E-state index contributed by atoms with van der Waals surface area (Å²) in [6, 6.07) is 12.2. The molecule has 0 spiro atoms. The molecule has 1 aromatic heterocycles. The number of hydrogen-bond donors (Lipinski definition) is 1. The summed E-state index contributed by atoms with van der Waals surface area (Å²) in [5, 5.41) is 3.17. The Hall–Kier alpha value is -2.61. The number of nitrogens with one attached hydrogen (secondary N) is 1. The van der Waals surface area contributed by atoms with Gasteiger partial charge in [-0.2, -0.15) is 13.2 Å². The number of benzene rings is 1. The van der Waals surface area contributed by atoms with Crippen LogP contribution in [0.3, 0.4) is 0 Å². The van der Waals surface area contributed by atoms with Crippen LogP contribution in [0.1, 0.15) is 30.0 Å². The molecule has 0 bridgehead atoms. The lowest BCUT2D eigenvalue weighted by Crippen LogP contribution is -2.43. The summed E-state index contributed by atoms with van der Waals surface area (Å²) < 4.78 is 38.1. The maximum Gasteiger partial charge on any atom is 0.417 e. The van der Waals surface area contributed by atoms with Gasteiger partial charge in [0.15, 0.2) is 0 Å². The number of carbonyl (C=O) groups is 1. The molecule has 1 saturated heterocycles. The number of carbonyl (C=O) groups excluding carboxylic acids is 1. The molecule has 1 N–H and O–H groups in total. The molecule has 0 radical (unpaired) electrons. The lowest BCUT2D eigenvalue weighted by Gasteiger charge is -2.33. The average Bonchev–Trinajstić information content (AvgIpc) is 2.73. The highest BCUT2D eigenvalue weighted by Crippen LogP contribution is 2.30. The molecule has 0 saturated carbocycles. The van der Waals surface area contributed by atoms with E-state index in [4.69, 9.17) is 0 Å². The minimum atomic E-state index is -4.39. The summed E-state index contributed by atoms with van der Waals surface area (Å²) in [6.45, 7) is 1.87. The molecule has 5 nitrogen and oxygen atoms in total. The number of alkyl halides is 3. The van der Waals surface area contributed by atoms with Gasteiger partial charge in [0, 0.05) is 31.7 Å². The van der Waals surface area contributed by atoms with Crippen LogP contribution in [0, 0.1) is 5.92 Å². The zero-order valence-electron chi connectivity index (χ0n) is 17.2. The topological polar surface area (TPSA) is 48.5 Å². The molecule has 1 aliphatic heterocycles. The highest BCUT2D eigenvalue weighted by Gasteiger charge is 2.32. The Morgan fingerprint density at radius 2 is 1.83 bits per heavy atom. The van der Waals surface area contributed by atoms with Gasteiger partial charge >= 0.3 is 6.18 Å². The summed E-state index contributed by atoms with van der Waals surface area (Å²) in [5.74, 6) is 0.409. The third-order valence-corrected chi connectivity index (χ3v) is 5.33. The van der Waals surface area contributed by atoms with Crippen LogP contribution in [0.15, 0.2) is 48.7 Å². The molecule has 8 heteroatoms. The molecule has 1 atom stereocenters. The molecule has 162 valence electrons. The molecular formula is C22H27F3N4O. The van der Waals surface area contributed by atoms with Crippen molar-refractivity contribution >= 4 is 11.7 Å². The fraction of sp³-hybridized carbons (Fsp3) is 0.455. The van der Waals surface area contributed by atoms with Crippen LogP contribution in [0.4, 0.5) is 19.0 Å². The van der Waals surface area contributed by atoms with Crippen molar-refractivity contribution in [2.45, 2.75) is 25.1 Å². The molecule has 2 aromatic rings. The van der Waals surface area contributed by atoms with Crippen molar-refractivity contribution in [2.24, 2.45) is 5.92 Å². The van der Waals surface area contributed by atoms with E-state index in [0.29, 0.717) is 38.3 Å². The quantitative estimate of drug-likeness (QED) is 0.774. The maximum absolute atomic E-state index is 12.9. The van der Waals surface area contributed by atoms with Gasteiger partial charge in [0.05, 0.1) is 11.6 Å². The number of amides is 1. The Kier molecular flexibility index (Phi) is 6.97. The second kappa shape index (κ2) is 9.47. The van der Waals surface area contributed by atoms with Gasteiger partial charge in [0.2, 0.25) is 5.91 Å². The van der Waals surface area contributed by atoms with Gasteiger partial charge in [0.1, 0.15) is 5.82 Å². The second-order valence-corrected chi connectivity index (χ2v) is 7.90. The zero-order valence-corrected chi connectivity index (χ0v) is 17.2. The fourth-order valence-electron chi connectivity index (χ4n) is 3.69. The first-order valence-corrected chi connectivity index (χ1v) is 10.0. The smallest absolute Gasteiger partial charge is 0.357 e. The van der Waals surface area contributed by atoms with Crippen LogP contribution >= 0.6 is 0 Å². The lowest BCUT2D eigenvalue weighted by molar-refractivity contribution is -0.137. The number of rotatable bonds is 6. The van der Waals surface area contributed by atoms with Gasteiger partial charge < -0.3 is 15.1 Å². The number of pyridine rings is 1. The van der Waals surface area contributed by atoms with Gasteiger partial charge in [-0.05, 0) is 44.6 Å². The Balaban J connectivity index is 1.58. The molecule has 1 aliphatic rings. The van der Waals surface area contributed by atoms with Gasteiger partial charge in [0.25, 0.3) is 0 Å². The number of hydrogen-bond acceptors (Lipinski definition) is 4. The first-order chi connectivity index (χ1) is 14.2. The summed E-state index contributed by atoms with van der Waals surface area (Å²) in [4.78, 5) is 20.8. The number of nitrogens with zero attached hydrogens (tertiary/aromatic N) is 3. The fourth-order valence-corrected chi connectivity index (χ4v) is 3.69. The molecule has 0 aliphatic carbocycles. The van der Waals surface area contributed by atoms with Crippen molar-refractivity contribution in [3.8, 4) is 0 Å². The molecule has 1 amide bonds. The highest BCUT2D eigenvalue weighted by atomic mass is 19.4. The van der Waals surface area contributed by atoms with Gasteiger partial charge in [-0.1, -0.05) is 30.3 Å². The van der Waals surface area contributed by atoms with Crippen LogP contribution in [0.5, 0.6) is 0 Å². The molecule has 3 rings (SSSR count). The largest absolute Gasteiger partial charge is 0.417 e. The second-order valence-electron chi connectivity index (χ2n) is 7.90. The molecule has 0 unspecified atom stereocenters. The summed E-state index contributed by atoms with van der Waals surface area (Å²) in [5.41, 5.74) is 0.305. The molecule has 1 aromatic carbocycles. The van der Waals surface area contributed by atoms with E-state index in [-0.39, 0.29) is 17.9 Å². The van der Waals surface area contributed by atoms with Crippen LogP contribution < -0.4 is 10.2 Å². The minimum absolute atomic E-state index is 0.0192. The van der Waals surface area contributed by atoms with Crippen molar-refractivity contribution in [1.82, 2.24) is 15.2 Å². The highest BCUT2D eigenvalue weighted by molar-refractivity contribution is 5.79. The van der Waals surface area contributed by atoms with E-state index in [1.165, 1.54) is 6.07 Å². The molecule has 30 heavy (non-hydrogen) atoms. The Bertz CT molecular complexity index is 817. The van der Waals surface area contributed by atoms with Crippen LogP contribution in [0.2, 0.25) is 0 Å². The number of likely N-dealkylation sites (N-methyl/N-ethyl adjacent to an activating group) is 1. The predicted octanol–water partition coefficient (Wildman–Crippen LogP) is 3.74. The third-order valence-electron chi connectivity index (χ3n) is 5.33. The van der Waals surface area contributed by atoms with Crippen molar-refractivity contribution < 1.29 is 18.0 Å². The van der Waals surface area contributed by atoms with E-state index in [0.717, 1.165) is 17.8 Å². The SMILES string of the molecule is CN(C)C[C@@H](NC(=O)C1CCN(c2ccc(C(F)(F)F)cn2)CC1)c1ccccc1. The van der Waals surface area contributed by atoms with Gasteiger partial charge in [-0.3, -0.25) is 4.79 Å². The Labute approximate surface area is 174 Å². The van der Waals surface area contributed by atoms with Crippen molar-refractivity contribution in [3.63, 3.8) is 0 Å². The lowest BCUT2D eigenvalue weighted by atomic mass is 9.95. The molecule has 1 fully saturated rings. The predicted molar refractivity (Wildman–Crippen MR) is 110 cm³/mol. The van der Waals surface area contributed by atoms with E-state index in [1.807, 2.05) is 54.2 Å². The van der Waals surface area contributed by atoms with E-state index in [1.54, 1.807) is 0 Å². The van der Waals surface area contributed by atoms with Crippen LogP contribution in [-0.2, 0) is 11.0 Å². The molecular weight excluding hydrogens is 393 g/mol. The van der Waals surface area contributed by atoms with Crippen molar-refractivity contribution in [1.29, 1.82) is 0 Å². The molecule has 2 heterocycles. The number of anilines is 1. The summed E-state index contributed by atoms with van der Waals surface area (Å²) >= 11 is 0. The van der Waals surface area contributed by atoms with Crippen molar-refractivity contribution in [2.75, 3.05) is 38.6 Å². The summed E-state index contributed by atoms with van der Waals surface area (Å²) in [7, 11) is 3.94. The maximum atomic E-state index is 12.9. The van der Waals surface area contributed by atoms with Gasteiger partial charge in [-0.15, -0.1) is 0 Å². The van der Waals surface area contributed by atoms with E-state index < -0.39 is 11.7 Å². The Morgan fingerprint density at radius 1 is 1.17 bits per heavy atom. The standard InChI is InChI=1S/C22H27F3N4O/c1-28(2)15-19(16-6-4-3-5-7-16)27-21(30)17-10-12-29(13-11-17)20-9-8-18(14-26-20)22(23,24)25/h3-9,14,17,19H,10-13,15H2,1-2H3,(H,27,30)/t19-/m1/s1. The minimum Gasteiger partial charge on any atom is -0.357 e. The van der Waals surface area contributed by atoms with Crippen LogP contribution in [0.25, 0.3) is 0 Å². The summed E-state index contributed by atoms with van der Waals surface area (Å²) in [6.07, 6.45) is -2.26. The van der Waals surface area contributed by atoms with E-state index in [2.05, 4.69) is 10.3 Å². The zero-order chi connectivity index (χ0) is 21.7. The van der Waals surface area contributed by atoms with E-state index in [9.17, 15) is 18.0 Å². The third kappa shape index (κ3) is 5.72. The van der Waals surface area contributed by atoms with Crippen LogP contribution in [-0.4, -0.2) is 49.5 Å². The monoisotopic (exact) mass is 420 g/mol. The Morgan fingerprint density at radius 3 is 2.37 bits per heavy atom. The number of halogens is 3. The first kappa shape index (κ1) is 22.1. The van der Waals surface area contributed by atoms with E-state index >= 15 is 0 Å².